The molecule has 1 atom stereocenters. The van der Waals surface area contributed by atoms with Crippen LogP contribution in [0.5, 0.6) is 5.75 Å². The van der Waals surface area contributed by atoms with Crippen LogP contribution in [0.4, 0.5) is 21.9 Å². The Morgan fingerprint density at radius 2 is 2.00 bits per heavy atom. The van der Waals surface area contributed by atoms with Gasteiger partial charge < -0.3 is 20.3 Å². The van der Waals surface area contributed by atoms with Crippen LogP contribution in [0.2, 0.25) is 0 Å². The zero-order valence-corrected chi connectivity index (χ0v) is 22.7. The Labute approximate surface area is 235 Å². The fourth-order valence-corrected chi connectivity index (χ4v) is 5.74. The van der Waals surface area contributed by atoms with Gasteiger partial charge in [0.1, 0.15) is 15.5 Å². The molecular weight excluding hydrogens is 528 g/mol. The van der Waals surface area contributed by atoms with Crippen LogP contribution in [0.3, 0.4) is 0 Å². The molecule has 4 amide bonds. The van der Waals surface area contributed by atoms with Gasteiger partial charge in [0, 0.05) is 31.5 Å². The van der Waals surface area contributed by atoms with Crippen LogP contribution in [0.1, 0.15) is 22.5 Å². The van der Waals surface area contributed by atoms with Crippen LogP contribution in [0.25, 0.3) is 10.2 Å². The van der Waals surface area contributed by atoms with E-state index in [2.05, 4.69) is 27.2 Å². The van der Waals surface area contributed by atoms with Gasteiger partial charge in [-0.05, 0) is 49.2 Å². The lowest BCUT2D eigenvalue weighted by Crippen LogP contribution is -2.49. The second-order valence-corrected chi connectivity index (χ2v) is 10.1. The number of hydrogen-bond acceptors (Lipinski definition) is 7. The predicted molar refractivity (Wildman–Crippen MR) is 155 cm³/mol. The molecule has 0 spiro atoms. The zero-order valence-electron chi connectivity index (χ0n) is 21.9. The molecule has 3 aromatic heterocycles. The van der Waals surface area contributed by atoms with E-state index in [4.69, 9.17) is 4.74 Å². The van der Waals surface area contributed by atoms with Crippen molar-refractivity contribution in [3.8, 4) is 5.75 Å². The summed E-state index contributed by atoms with van der Waals surface area (Å²) in [5.74, 6) is 0.479. The van der Waals surface area contributed by atoms with Gasteiger partial charge in [-0.25, -0.2) is 9.78 Å². The van der Waals surface area contributed by atoms with Crippen LogP contribution >= 0.6 is 11.3 Å². The molecule has 0 bridgehead atoms. The summed E-state index contributed by atoms with van der Waals surface area (Å²) in [6, 6.07) is 14.4. The fourth-order valence-electron chi connectivity index (χ4n) is 4.72. The second kappa shape index (κ2) is 12.0. The van der Waals surface area contributed by atoms with Gasteiger partial charge in [0.05, 0.1) is 35.8 Å². The highest BCUT2D eigenvalue weighted by Gasteiger charge is 2.33. The molecule has 0 aliphatic carbocycles. The summed E-state index contributed by atoms with van der Waals surface area (Å²) >= 11 is 1.23. The van der Waals surface area contributed by atoms with Crippen LogP contribution in [-0.4, -0.2) is 59.0 Å². The monoisotopic (exact) mass is 556 g/mol. The maximum absolute atomic E-state index is 13.2. The Morgan fingerprint density at radius 3 is 2.70 bits per heavy atom. The summed E-state index contributed by atoms with van der Waals surface area (Å²) in [7, 11) is 1.66. The minimum absolute atomic E-state index is 0.141. The number of anilines is 3. The van der Waals surface area contributed by atoms with Crippen molar-refractivity contribution in [2.45, 2.75) is 18.9 Å². The third kappa shape index (κ3) is 5.50. The minimum Gasteiger partial charge on any atom is -0.497 e. The molecule has 2 N–H and O–H groups in total. The Kier molecular flexibility index (Phi) is 8.02. The van der Waals surface area contributed by atoms with Crippen molar-refractivity contribution in [3.63, 3.8) is 0 Å². The smallest absolute Gasteiger partial charge is 0.331 e. The molecule has 0 radical (unpaired) electrons. The number of urea groups is 1. The van der Waals surface area contributed by atoms with Crippen LogP contribution in [0, 0.1) is 0 Å². The highest BCUT2D eigenvalue weighted by molar-refractivity contribution is 7.21. The molecule has 1 saturated heterocycles. The Morgan fingerprint density at radius 1 is 1.18 bits per heavy atom. The highest BCUT2D eigenvalue weighted by Crippen LogP contribution is 2.45. The van der Waals surface area contributed by atoms with Crippen LogP contribution < -0.4 is 20.3 Å². The molecule has 0 unspecified atom stereocenters. The molecule has 4 aromatic rings. The first-order valence-electron chi connectivity index (χ1n) is 12.7. The molecule has 10 nitrogen and oxygen atoms in total. The largest absolute Gasteiger partial charge is 0.497 e. The predicted octanol–water partition coefficient (Wildman–Crippen LogP) is 4.98. The van der Waals surface area contributed by atoms with E-state index in [0.29, 0.717) is 39.9 Å². The van der Waals surface area contributed by atoms with Gasteiger partial charge in [-0.2, -0.15) is 0 Å². The molecular formula is C29H28N6O4S. The number of pyridine rings is 2. The Hall–Kier alpha value is -4.77. The third-order valence-corrected chi connectivity index (χ3v) is 7.67. The topological polar surface area (TPSA) is 117 Å². The molecule has 6 rings (SSSR count). The van der Waals surface area contributed by atoms with Crippen molar-refractivity contribution in [1.82, 2.24) is 20.2 Å². The van der Waals surface area contributed by atoms with Crippen molar-refractivity contribution in [2.24, 2.45) is 0 Å². The highest BCUT2D eigenvalue weighted by atomic mass is 32.1. The summed E-state index contributed by atoms with van der Waals surface area (Å²) in [5.41, 5.74) is 1.73. The van der Waals surface area contributed by atoms with E-state index < -0.39 is 0 Å². The molecule has 2 aliphatic rings. The second-order valence-electron chi connectivity index (χ2n) is 9.11. The van der Waals surface area contributed by atoms with Gasteiger partial charge in [-0.1, -0.05) is 24.8 Å². The molecule has 11 heteroatoms. The first-order chi connectivity index (χ1) is 19.5. The van der Waals surface area contributed by atoms with E-state index in [9.17, 15) is 14.4 Å². The number of carbonyl (C=O) groups is 3. The van der Waals surface area contributed by atoms with Crippen molar-refractivity contribution < 1.29 is 19.1 Å². The molecule has 204 valence electrons. The number of rotatable bonds is 5. The molecule has 40 heavy (non-hydrogen) atoms. The average molecular weight is 557 g/mol. The number of piperidine rings is 1. The SMILES string of the molecule is C=CC(=O)N1CCC[C@@H](NC(=O)c2sc3nccc4c3c2NC(=O)N4c2cccnc2)C1.COc1ccccc1. The first kappa shape index (κ1) is 26.8. The Bertz CT molecular complexity index is 1540. The number of benzene rings is 1. The van der Waals surface area contributed by atoms with Gasteiger partial charge in [-0.15, -0.1) is 11.3 Å². The van der Waals surface area contributed by atoms with Crippen molar-refractivity contribution >= 4 is 56.5 Å². The number of aromatic nitrogens is 2. The maximum Gasteiger partial charge on any atom is 0.331 e. The van der Waals surface area contributed by atoms with Gasteiger partial charge in [0.2, 0.25) is 5.91 Å². The standard InChI is InChI=1S/C22H20N6O3S.C7H8O/c1-2-16(29)27-10-4-5-13(12-27)25-20(30)19-18-17-15(7-9-24-21(17)32-19)28(22(31)26-18)14-6-3-8-23-11-14;1-8-7-5-3-2-4-6-7/h2-3,6-9,11,13H,1,4-5,10,12H2,(H,25,30)(H,26,31);2-6H,1H3/t13-;/m1./s1. The number of ether oxygens (including phenoxy) is 1. The van der Waals surface area contributed by atoms with Gasteiger partial charge in [-0.3, -0.25) is 19.5 Å². The summed E-state index contributed by atoms with van der Waals surface area (Å²) in [6.07, 6.45) is 7.74. The molecule has 0 saturated carbocycles. The average Bonchev–Trinajstić information content (AvgIpc) is 3.37. The van der Waals surface area contributed by atoms with Crippen molar-refractivity contribution in [3.05, 3.63) is 84.7 Å². The first-order valence-corrected chi connectivity index (χ1v) is 13.6. The van der Waals surface area contributed by atoms with Crippen molar-refractivity contribution in [1.29, 1.82) is 0 Å². The van der Waals surface area contributed by atoms with Crippen molar-refractivity contribution in [2.75, 3.05) is 30.4 Å². The summed E-state index contributed by atoms with van der Waals surface area (Å²) in [6.45, 7) is 4.62. The minimum atomic E-state index is -0.370. The molecule has 1 fully saturated rings. The van der Waals surface area contributed by atoms with E-state index in [1.165, 1.54) is 22.3 Å². The lowest BCUT2D eigenvalue weighted by Gasteiger charge is -2.32. The van der Waals surface area contributed by atoms with Gasteiger partial charge in [0.15, 0.2) is 0 Å². The number of thiophene rings is 1. The van der Waals surface area contributed by atoms with E-state index in [1.807, 2.05) is 30.3 Å². The number of methoxy groups -OCH3 is 1. The number of amides is 4. The van der Waals surface area contributed by atoms with E-state index in [1.54, 1.807) is 48.8 Å². The lowest BCUT2D eigenvalue weighted by molar-refractivity contribution is -0.127. The third-order valence-electron chi connectivity index (χ3n) is 6.58. The van der Waals surface area contributed by atoms with Gasteiger partial charge in [0.25, 0.3) is 5.91 Å². The molecule has 5 heterocycles. The lowest BCUT2D eigenvalue weighted by atomic mass is 10.1. The zero-order chi connectivity index (χ0) is 28.1. The summed E-state index contributed by atoms with van der Waals surface area (Å²) < 4.78 is 4.91. The number of carbonyl (C=O) groups excluding carboxylic acids is 3. The molecule has 2 aliphatic heterocycles. The number of hydrogen-bond donors (Lipinski definition) is 2. The number of nitrogens with zero attached hydrogens (tertiary/aromatic N) is 4. The van der Waals surface area contributed by atoms with Crippen LogP contribution in [-0.2, 0) is 4.79 Å². The number of likely N-dealkylation sites (tertiary alicyclic amines) is 1. The summed E-state index contributed by atoms with van der Waals surface area (Å²) in [5, 5.41) is 6.61. The van der Waals surface area contributed by atoms with E-state index in [0.717, 1.165) is 24.0 Å². The maximum atomic E-state index is 13.2. The fraction of sp³-hybridized carbons (Fsp3) is 0.207. The summed E-state index contributed by atoms with van der Waals surface area (Å²) in [4.78, 5) is 50.9. The van der Waals surface area contributed by atoms with Crippen LogP contribution in [0.15, 0.2) is 79.8 Å². The van der Waals surface area contributed by atoms with E-state index in [-0.39, 0.29) is 23.9 Å². The van der Waals surface area contributed by atoms with E-state index >= 15 is 0 Å². The quantitative estimate of drug-likeness (QED) is 0.335. The number of nitrogens with one attached hydrogen (secondary N) is 2. The number of para-hydroxylation sites is 1. The Balaban J connectivity index is 0.000000348. The normalized spacial score (nSPS) is 15.9. The molecule has 1 aromatic carbocycles. The van der Waals surface area contributed by atoms with Gasteiger partial charge >= 0.3 is 6.03 Å².